The lowest BCUT2D eigenvalue weighted by molar-refractivity contribution is 0.0346. The van der Waals surface area contributed by atoms with Gasteiger partial charge in [-0.25, -0.2) is 0 Å². The second-order valence-corrected chi connectivity index (χ2v) is 8.79. The van der Waals surface area contributed by atoms with Crippen LogP contribution in [0, 0.1) is 6.92 Å². The third-order valence-electron chi connectivity index (χ3n) is 6.43. The normalized spacial score (nSPS) is 15.2. The molecule has 0 aliphatic carbocycles. The van der Waals surface area contributed by atoms with Crippen molar-refractivity contribution < 1.29 is 9.53 Å². The van der Waals surface area contributed by atoms with E-state index in [-0.39, 0.29) is 5.91 Å². The second-order valence-electron chi connectivity index (χ2n) is 8.79. The van der Waals surface area contributed by atoms with Crippen LogP contribution in [0.2, 0.25) is 0 Å². The molecule has 5 rings (SSSR count). The van der Waals surface area contributed by atoms with Crippen LogP contribution in [-0.2, 0) is 10.3 Å². The summed E-state index contributed by atoms with van der Waals surface area (Å²) < 4.78 is 5.65. The molecular weight excluding hydrogens is 408 g/mol. The van der Waals surface area contributed by atoms with E-state index in [1.54, 1.807) is 0 Å². The number of aryl methyl sites for hydroxylation is 1. The first-order chi connectivity index (χ1) is 16.1. The molecule has 0 bridgehead atoms. The Bertz CT molecular complexity index is 1290. The van der Waals surface area contributed by atoms with Crippen LogP contribution < -0.4 is 10.6 Å². The number of hydrogen-bond donors (Lipinski definition) is 2. The fraction of sp³-hybridized carbons (Fsp3) is 0.207. The first kappa shape index (κ1) is 21.2. The minimum Gasteiger partial charge on any atom is -0.381 e. The molecule has 4 nitrogen and oxygen atoms in total. The van der Waals surface area contributed by atoms with Crippen LogP contribution in [0.4, 0.5) is 11.4 Å². The predicted molar refractivity (Wildman–Crippen MR) is 134 cm³/mol. The summed E-state index contributed by atoms with van der Waals surface area (Å²) in [7, 11) is 0. The Hall–Kier alpha value is -3.63. The third kappa shape index (κ3) is 4.62. The van der Waals surface area contributed by atoms with E-state index >= 15 is 0 Å². The first-order valence-electron chi connectivity index (χ1n) is 11.4. The van der Waals surface area contributed by atoms with Crippen LogP contribution in [-0.4, -0.2) is 19.1 Å². The maximum atomic E-state index is 13.4. The number of fused-ring (bicyclic) bond motifs is 1. The van der Waals surface area contributed by atoms with Crippen LogP contribution in [0.1, 0.15) is 34.3 Å². The van der Waals surface area contributed by atoms with Crippen LogP contribution >= 0.6 is 0 Å². The molecule has 1 saturated heterocycles. The van der Waals surface area contributed by atoms with Gasteiger partial charge in [-0.05, 0) is 78.1 Å². The Morgan fingerprint density at radius 2 is 1.52 bits per heavy atom. The number of rotatable bonds is 5. The van der Waals surface area contributed by atoms with Crippen molar-refractivity contribution in [1.82, 2.24) is 5.32 Å². The van der Waals surface area contributed by atoms with Crippen molar-refractivity contribution in [2.24, 2.45) is 0 Å². The highest BCUT2D eigenvalue weighted by Crippen LogP contribution is 2.34. The Morgan fingerprint density at radius 1 is 0.788 bits per heavy atom. The molecular formula is C29H28N2O2. The van der Waals surface area contributed by atoms with E-state index in [4.69, 9.17) is 4.74 Å². The lowest BCUT2D eigenvalue weighted by Gasteiger charge is -2.38. The molecule has 0 aromatic heterocycles. The zero-order chi connectivity index (χ0) is 22.7. The number of carbonyl (C=O) groups is 1. The van der Waals surface area contributed by atoms with E-state index in [1.807, 2.05) is 48.5 Å². The molecule has 0 atom stereocenters. The molecule has 0 unspecified atom stereocenters. The van der Waals surface area contributed by atoms with Gasteiger partial charge >= 0.3 is 0 Å². The van der Waals surface area contributed by atoms with Crippen molar-refractivity contribution >= 4 is 28.1 Å². The monoisotopic (exact) mass is 436 g/mol. The fourth-order valence-corrected chi connectivity index (χ4v) is 4.61. The number of amides is 1. The second kappa shape index (κ2) is 9.08. The van der Waals surface area contributed by atoms with E-state index in [0.717, 1.165) is 29.8 Å². The molecule has 1 heterocycles. The van der Waals surface area contributed by atoms with Gasteiger partial charge in [0.15, 0.2) is 0 Å². The number of nitrogens with one attached hydrogen (secondary N) is 2. The fourth-order valence-electron chi connectivity index (χ4n) is 4.61. The van der Waals surface area contributed by atoms with Crippen LogP contribution in [0.15, 0.2) is 91.0 Å². The first-order valence-corrected chi connectivity index (χ1v) is 11.4. The molecule has 1 amide bonds. The molecule has 166 valence electrons. The van der Waals surface area contributed by atoms with E-state index < -0.39 is 5.54 Å². The van der Waals surface area contributed by atoms with Gasteiger partial charge in [-0.1, -0.05) is 54.6 Å². The minimum absolute atomic E-state index is 0.0713. The summed E-state index contributed by atoms with van der Waals surface area (Å²) in [4.78, 5) is 13.4. The van der Waals surface area contributed by atoms with Crippen molar-refractivity contribution in [1.29, 1.82) is 0 Å². The van der Waals surface area contributed by atoms with Gasteiger partial charge < -0.3 is 15.4 Å². The molecule has 1 aliphatic rings. The molecule has 1 aliphatic heterocycles. The summed E-state index contributed by atoms with van der Waals surface area (Å²) in [6.45, 7) is 3.32. The molecule has 4 heteroatoms. The van der Waals surface area contributed by atoms with Gasteiger partial charge in [0.05, 0.1) is 5.54 Å². The maximum Gasteiger partial charge on any atom is 0.252 e. The minimum atomic E-state index is -0.445. The number of anilines is 2. The Kier molecular flexibility index (Phi) is 5.84. The Morgan fingerprint density at radius 3 is 2.30 bits per heavy atom. The van der Waals surface area contributed by atoms with Gasteiger partial charge in [0.2, 0.25) is 0 Å². The molecule has 0 radical (unpaired) electrons. The average molecular weight is 437 g/mol. The molecule has 4 aromatic carbocycles. The SMILES string of the molecule is Cc1cccc(Nc2cccc(C(=O)NC3(c4ccc5ccccc5c4)CCOCC3)c2)c1. The number of carbonyl (C=O) groups excluding carboxylic acids is 1. The highest BCUT2D eigenvalue weighted by atomic mass is 16.5. The zero-order valence-electron chi connectivity index (χ0n) is 18.8. The van der Waals surface area contributed by atoms with Gasteiger partial charge in [-0.2, -0.15) is 0 Å². The van der Waals surface area contributed by atoms with Crippen molar-refractivity contribution in [3.8, 4) is 0 Å². The zero-order valence-corrected chi connectivity index (χ0v) is 18.8. The molecule has 2 N–H and O–H groups in total. The summed E-state index contributed by atoms with van der Waals surface area (Å²) in [5, 5.41) is 9.17. The van der Waals surface area contributed by atoms with E-state index in [0.29, 0.717) is 18.8 Å². The topological polar surface area (TPSA) is 50.4 Å². The summed E-state index contributed by atoms with van der Waals surface area (Å²) in [5.41, 5.74) is 4.40. The summed E-state index contributed by atoms with van der Waals surface area (Å²) in [6, 6.07) is 30.7. The summed E-state index contributed by atoms with van der Waals surface area (Å²) >= 11 is 0. The van der Waals surface area contributed by atoms with E-state index in [2.05, 4.69) is 60.0 Å². The molecule has 0 spiro atoms. The van der Waals surface area contributed by atoms with E-state index in [9.17, 15) is 4.79 Å². The number of ether oxygens (including phenoxy) is 1. The van der Waals surface area contributed by atoms with E-state index in [1.165, 1.54) is 16.3 Å². The molecule has 0 saturated carbocycles. The maximum absolute atomic E-state index is 13.4. The summed E-state index contributed by atoms with van der Waals surface area (Å²) in [6.07, 6.45) is 1.50. The van der Waals surface area contributed by atoms with Crippen molar-refractivity contribution in [2.45, 2.75) is 25.3 Å². The lowest BCUT2D eigenvalue weighted by atomic mass is 9.81. The van der Waals surface area contributed by atoms with Crippen molar-refractivity contribution in [3.63, 3.8) is 0 Å². The van der Waals surface area contributed by atoms with Gasteiger partial charge in [0.25, 0.3) is 5.91 Å². The van der Waals surface area contributed by atoms with Crippen molar-refractivity contribution in [3.05, 3.63) is 108 Å². The Balaban J connectivity index is 1.42. The van der Waals surface area contributed by atoms with Crippen LogP contribution in [0.25, 0.3) is 10.8 Å². The van der Waals surface area contributed by atoms with Crippen LogP contribution in [0.3, 0.4) is 0 Å². The summed E-state index contributed by atoms with van der Waals surface area (Å²) in [5.74, 6) is -0.0713. The highest BCUT2D eigenvalue weighted by Gasteiger charge is 2.36. The molecule has 1 fully saturated rings. The van der Waals surface area contributed by atoms with Crippen LogP contribution in [0.5, 0.6) is 0 Å². The third-order valence-corrected chi connectivity index (χ3v) is 6.43. The standard InChI is InChI=1S/C29H28N2O2/c1-21-6-4-10-26(18-21)30-27-11-5-9-24(20-27)28(32)31-29(14-16-33-17-15-29)25-13-12-22-7-2-3-8-23(22)19-25/h2-13,18-20,30H,14-17H2,1H3,(H,31,32). The quantitative estimate of drug-likeness (QED) is 0.384. The van der Waals surface area contributed by atoms with Crippen molar-refractivity contribution in [2.75, 3.05) is 18.5 Å². The van der Waals surface area contributed by atoms with Gasteiger partial charge in [0, 0.05) is 30.2 Å². The molecule has 33 heavy (non-hydrogen) atoms. The van der Waals surface area contributed by atoms with Gasteiger partial charge in [-0.15, -0.1) is 0 Å². The number of hydrogen-bond acceptors (Lipinski definition) is 3. The predicted octanol–water partition coefficient (Wildman–Crippen LogP) is 6.33. The van der Waals surface area contributed by atoms with Gasteiger partial charge in [-0.3, -0.25) is 4.79 Å². The highest BCUT2D eigenvalue weighted by molar-refractivity contribution is 5.96. The average Bonchev–Trinajstić information content (AvgIpc) is 2.84. The Labute approximate surface area is 194 Å². The van der Waals surface area contributed by atoms with Gasteiger partial charge in [0.1, 0.15) is 0 Å². The molecule has 4 aromatic rings. The number of benzene rings is 4. The smallest absolute Gasteiger partial charge is 0.252 e. The largest absolute Gasteiger partial charge is 0.381 e. The lowest BCUT2D eigenvalue weighted by Crippen LogP contribution is -2.49.